The first-order valence-electron chi connectivity index (χ1n) is 8.09. The Morgan fingerprint density at radius 3 is 1.42 bits per heavy atom. The van der Waals surface area contributed by atoms with Crippen LogP contribution in [0.25, 0.3) is 11.1 Å². The van der Waals surface area contributed by atoms with Crippen LogP contribution >= 0.6 is 31.9 Å². The number of hydrogen-bond acceptors (Lipinski definition) is 2. The Morgan fingerprint density at radius 1 is 0.667 bits per heavy atom. The first-order valence-corrected chi connectivity index (χ1v) is 9.68. The number of fused-ring (bicyclic) bond motifs is 3. The van der Waals surface area contributed by atoms with Crippen molar-refractivity contribution in [3.8, 4) is 11.1 Å². The van der Waals surface area contributed by atoms with Crippen LogP contribution in [0.1, 0.15) is 36.8 Å². The predicted molar refractivity (Wildman–Crippen MR) is 99.1 cm³/mol. The molecule has 0 amide bonds. The van der Waals surface area contributed by atoms with Crippen molar-refractivity contribution in [2.75, 3.05) is 0 Å². The van der Waals surface area contributed by atoms with E-state index in [-0.39, 0.29) is 22.4 Å². The zero-order valence-corrected chi connectivity index (χ0v) is 16.0. The van der Waals surface area contributed by atoms with E-state index in [1.807, 2.05) is 12.1 Å². The Morgan fingerprint density at radius 2 is 1.04 bits per heavy atom. The molecule has 5 rings (SSSR count). The third kappa shape index (κ3) is 1.66. The van der Waals surface area contributed by atoms with Crippen LogP contribution in [0.2, 0.25) is 0 Å². The van der Waals surface area contributed by atoms with Crippen molar-refractivity contribution in [2.24, 2.45) is 0 Å². The van der Waals surface area contributed by atoms with Gasteiger partial charge in [-0.05, 0) is 46.5 Å². The van der Waals surface area contributed by atoms with E-state index in [0.29, 0.717) is 25.7 Å². The van der Waals surface area contributed by atoms with E-state index < -0.39 is 0 Å². The smallest absolute Gasteiger partial charge is 0.134 e. The fourth-order valence-electron chi connectivity index (χ4n) is 5.48. The molecule has 2 saturated carbocycles. The van der Waals surface area contributed by atoms with Crippen LogP contribution in [0.15, 0.2) is 45.3 Å². The summed E-state index contributed by atoms with van der Waals surface area (Å²) < 4.78 is 2.04. The van der Waals surface area contributed by atoms with Gasteiger partial charge in [0, 0.05) is 45.5 Å². The molecule has 24 heavy (non-hydrogen) atoms. The predicted octanol–water partition coefficient (Wildman–Crippen LogP) is 5.09. The summed E-state index contributed by atoms with van der Waals surface area (Å²) in [6.45, 7) is 0. The van der Waals surface area contributed by atoms with Gasteiger partial charge in [-0.1, -0.05) is 44.0 Å². The van der Waals surface area contributed by atoms with Crippen molar-refractivity contribution in [3.05, 3.63) is 56.5 Å². The van der Waals surface area contributed by atoms with Gasteiger partial charge in [-0.3, -0.25) is 9.59 Å². The fraction of sp³-hybridized carbons (Fsp3) is 0.300. The number of rotatable bonds is 0. The maximum Gasteiger partial charge on any atom is 0.134 e. The van der Waals surface area contributed by atoms with Crippen LogP contribution in [0.3, 0.4) is 0 Å². The van der Waals surface area contributed by atoms with Gasteiger partial charge < -0.3 is 0 Å². The molecule has 3 aliphatic rings. The minimum atomic E-state index is -0.349. The highest BCUT2D eigenvalue weighted by atomic mass is 79.9. The van der Waals surface area contributed by atoms with Crippen molar-refractivity contribution >= 4 is 43.4 Å². The molecule has 0 radical (unpaired) electrons. The number of halogens is 2. The van der Waals surface area contributed by atoms with Crippen LogP contribution in [0.5, 0.6) is 0 Å². The molecule has 0 aromatic heterocycles. The number of benzene rings is 2. The van der Waals surface area contributed by atoms with Gasteiger partial charge >= 0.3 is 0 Å². The average molecular weight is 446 g/mol. The largest absolute Gasteiger partial charge is 0.300 e. The summed E-state index contributed by atoms with van der Waals surface area (Å²) in [5, 5.41) is 0. The van der Waals surface area contributed by atoms with Crippen LogP contribution < -0.4 is 0 Å². The molecule has 0 saturated heterocycles. The third-order valence-corrected chi connectivity index (χ3v) is 7.18. The Labute approximate surface area is 156 Å². The molecule has 0 N–H and O–H groups in total. The Hall–Kier alpha value is -1.26. The van der Waals surface area contributed by atoms with E-state index in [9.17, 15) is 9.59 Å². The van der Waals surface area contributed by atoms with Crippen LogP contribution in [-0.2, 0) is 20.4 Å². The zero-order valence-electron chi connectivity index (χ0n) is 12.9. The average Bonchev–Trinajstić information content (AvgIpc) is 2.94. The maximum atomic E-state index is 12.5. The molecular formula is C20H14Br2O2. The molecular weight excluding hydrogens is 432 g/mol. The quantitative estimate of drug-likeness (QED) is 0.565. The molecule has 4 heteroatoms. The monoisotopic (exact) mass is 444 g/mol. The molecule has 2 aromatic carbocycles. The Bertz CT molecular complexity index is 851. The summed E-state index contributed by atoms with van der Waals surface area (Å²) >= 11 is 7.16. The zero-order chi connectivity index (χ0) is 16.7. The molecule has 0 spiro atoms. The van der Waals surface area contributed by atoms with E-state index >= 15 is 0 Å². The molecule has 0 atom stereocenters. The highest BCUT2D eigenvalue weighted by Gasteiger charge is 2.67. The first-order chi connectivity index (χ1) is 11.4. The number of carbonyl (C=O) groups is 2. The SMILES string of the molecule is O=C1C[C@]23CC(=O)C[C@@]2(C1)c1ccc(Br)cc1-c1cc(Br)ccc13. The number of ketones is 2. The Kier molecular flexibility index (Phi) is 2.93. The summed E-state index contributed by atoms with van der Waals surface area (Å²) in [6.07, 6.45) is 1.96. The highest BCUT2D eigenvalue weighted by Crippen LogP contribution is 2.67. The van der Waals surface area contributed by atoms with E-state index in [2.05, 4.69) is 56.1 Å². The van der Waals surface area contributed by atoms with Crippen molar-refractivity contribution < 1.29 is 9.59 Å². The molecule has 0 heterocycles. The van der Waals surface area contributed by atoms with Crippen LogP contribution in [0.4, 0.5) is 0 Å². The molecule has 2 nitrogen and oxygen atoms in total. The van der Waals surface area contributed by atoms with E-state index in [1.54, 1.807) is 0 Å². The highest BCUT2D eigenvalue weighted by molar-refractivity contribution is 9.10. The second kappa shape index (κ2) is 4.67. The summed E-state index contributed by atoms with van der Waals surface area (Å²) in [6, 6.07) is 12.6. The van der Waals surface area contributed by atoms with Gasteiger partial charge in [0.1, 0.15) is 11.6 Å². The Balaban J connectivity index is 1.95. The van der Waals surface area contributed by atoms with Crippen LogP contribution in [0, 0.1) is 0 Å². The standard InChI is InChI=1S/C20H14Br2O2/c21-11-1-3-17-15(5-11)16-6-12(22)2-4-18(16)20-9-13(23)7-19(17,20)8-14(24)10-20/h1-6H,7-10H2/t19-,20+. The molecule has 2 fully saturated rings. The van der Waals surface area contributed by atoms with Gasteiger partial charge in [0.25, 0.3) is 0 Å². The van der Waals surface area contributed by atoms with Crippen LogP contribution in [-0.4, -0.2) is 11.6 Å². The lowest BCUT2D eigenvalue weighted by Gasteiger charge is -2.46. The molecule has 2 aromatic rings. The summed E-state index contributed by atoms with van der Waals surface area (Å²) in [5.41, 5.74) is 3.96. The number of hydrogen-bond donors (Lipinski definition) is 0. The van der Waals surface area contributed by atoms with Crippen molar-refractivity contribution in [1.29, 1.82) is 0 Å². The summed E-state index contributed by atoms with van der Waals surface area (Å²) in [7, 11) is 0. The van der Waals surface area contributed by atoms with E-state index in [1.165, 1.54) is 11.1 Å². The number of Topliss-reactive ketones (excluding diaryl/α,β-unsaturated/α-hetero) is 2. The molecule has 0 bridgehead atoms. The van der Waals surface area contributed by atoms with E-state index in [0.717, 1.165) is 20.1 Å². The fourth-order valence-corrected chi connectivity index (χ4v) is 6.20. The van der Waals surface area contributed by atoms with Gasteiger partial charge in [-0.15, -0.1) is 0 Å². The summed E-state index contributed by atoms with van der Waals surface area (Å²) in [5.74, 6) is 0.569. The minimum Gasteiger partial charge on any atom is -0.300 e. The minimum absolute atomic E-state index is 0.284. The third-order valence-electron chi connectivity index (χ3n) is 6.20. The first kappa shape index (κ1) is 15.0. The van der Waals surface area contributed by atoms with Gasteiger partial charge in [-0.25, -0.2) is 0 Å². The van der Waals surface area contributed by atoms with Gasteiger partial charge in [0.05, 0.1) is 0 Å². The molecule has 0 unspecified atom stereocenters. The topological polar surface area (TPSA) is 34.1 Å². The second-order valence-electron chi connectivity index (χ2n) is 7.33. The summed E-state index contributed by atoms with van der Waals surface area (Å²) in [4.78, 5) is 25.1. The molecule has 0 aliphatic heterocycles. The van der Waals surface area contributed by atoms with Crippen molar-refractivity contribution in [3.63, 3.8) is 0 Å². The van der Waals surface area contributed by atoms with Crippen molar-refractivity contribution in [2.45, 2.75) is 36.5 Å². The van der Waals surface area contributed by atoms with Gasteiger partial charge in [-0.2, -0.15) is 0 Å². The lowest BCUT2D eigenvalue weighted by molar-refractivity contribution is -0.120. The lowest BCUT2D eigenvalue weighted by atomic mass is 9.55. The molecule has 120 valence electrons. The van der Waals surface area contributed by atoms with E-state index in [4.69, 9.17) is 0 Å². The number of carbonyl (C=O) groups excluding carboxylic acids is 2. The van der Waals surface area contributed by atoms with Gasteiger partial charge in [0.15, 0.2) is 0 Å². The lowest BCUT2D eigenvalue weighted by Crippen LogP contribution is -2.43. The maximum absolute atomic E-state index is 12.5. The normalized spacial score (nSPS) is 29.9. The van der Waals surface area contributed by atoms with Crippen molar-refractivity contribution in [1.82, 2.24) is 0 Å². The van der Waals surface area contributed by atoms with Gasteiger partial charge in [0.2, 0.25) is 0 Å². The second-order valence-corrected chi connectivity index (χ2v) is 9.16. The molecule has 3 aliphatic carbocycles.